The van der Waals surface area contributed by atoms with Gasteiger partial charge in [-0.25, -0.2) is 9.97 Å². The van der Waals surface area contributed by atoms with Crippen LogP contribution in [-0.4, -0.2) is 21.0 Å². The average molecular weight is 307 g/mol. The first kappa shape index (κ1) is 15.0. The number of carbonyl (C=O) groups is 1. The number of carboxylic acid groups (broad SMARTS) is 1. The Balaban J connectivity index is 2.02. The van der Waals surface area contributed by atoms with E-state index in [1.165, 1.54) is 0 Å². The van der Waals surface area contributed by atoms with Crippen molar-refractivity contribution in [2.75, 3.05) is 5.32 Å². The smallest absolute Gasteiger partial charge is 0.305 e. The van der Waals surface area contributed by atoms with E-state index in [4.69, 9.17) is 0 Å². The molecule has 23 heavy (non-hydrogen) atoms. The van der Waals surface area contributed by atoms with Gasteiger partial charge < -0.3 is 10.4 Å². The second-order valence-electron chi connectivity index (χ2n) is 5.34. The highest BCUT2D eigenvalue weighted by atomic mass is 16.4. The average Bonchev–Trinajstić information content (AvgIpc) is 2.54. The Morgan fingerprint density at radius 2 is 1.78 bits per heavy atom. The van der Waals surface area contributed by atoms with Gasteiger partial charge in [0, 0.05) is 5.39 Å². The summed E-state index contributed by atoms with van der Waals surface area (Å²) in [5, 5.41) is 13.4. The monoisotopic (exact) mass is 307 g/mol. The molecule has 0 spiro atoms. The molecule has 3 aromatic rings. The van der Waals surface area contributed by atoms with Crippen LogP contribution in [0.2, 0.25) is 0 Å². The Morgan fingerprint density at radius 1 is 1.09 bits per heavy atom. The Morgan fingerprint density at radius 3 is 2.52 bits per heavy atom. The number of nitrogens with one attached hydrogen (secondary N) is 1. The van der Waals surface area contributed by atoms with Crippen LogP contribution in [0.3, 0.4) is 0 Å². The number of nitrogens with zero attached hydrogens (tertiary/aromatic N) is 2. The van der Waals surface area contributed by atoms with E-state index in [9.17, 15) is 9.90 Å². The van der Waals surface area contributed by atoms with Crippen molar-refractivity contribution in [1.82, 2.24) is 9.97 Å². The van der Waals surface area contributed by atoms with Crippen molar-refractivity contribution in [3.8, 4) is 0 Å². The zero-order valence-electron chi connectivity index (χ0n) is 12.7. The van der Waals surface area contributed by atoms with Gasteiger partial charge in [-0.3, -0.25) is 4.79 Å². The summed E-state index contributed by atoms with van der Waals surface area (Å²) in [5.74, 6) is 0.443. The van der Waals surface area contributed by atoms with Gasteiger partial charge in [-0.05, 0) is 24.6 Å². The lowest BCUT2D eigenvalue weighted by atomic mass is 10.0. The second-order valence-corrected chi connectivity index (χ2v) is 5.34. The lowest BCUT2D eigenvalue weighted by Gasteiger charge is -2.19. The second kappa shape index (κ2) is 6.44. The number of benzene rings is 2. The summed E-state index contributed by atoms with van der Waals surface area (Å²) < 4.78 is 0. The van der Waals surface area contributed by atoms with Crippen molar-refractivity contribution in [3.63, 3.8) is 0 Å². The molecule has 3 rings (SSSR count). The van der Waals surface area contributed by atoms with Gasteiger partial charge in [0.15, 0.2) is 0 Å². The molecule has 0 saturated carbocycles. The summed E-state index contributed by atoms with van der Waals surface area (Å²) in [6, 6.07) is 16.9. The summed E-state index contributed by atoms with van der Waals surface area (Å²) in [6.07, 6.45) is -0.0264. The third kappa shape index (κ3) is 3.45. The molecule has 1 aromatic heterocycles. The van der Waals surface area contributed by atoms with Crippen LogP contribution in [0.1, 0.15) is 23.9 Å². The number of rotatable bonds is 5. The van der Waals surface area contributed by atoms with E-state index in [1.54, 1.807) is 0 Å². The highest BCUT2D eigenvalue weighted by molar-refractivity contribution is 5.89. The van der Waals surface area contributed by atoms with Crippen molar-refractivity contribution in [1.29, 1.82) is 0 Å². The molecule has 0 bridgehead atoms. The van der Waals surface area contributed by atoms with E-state index in [-0.39, 0.29) is 12.5 Å². The fraction of sp³-hybridized carbons (Fsp3) is 0.167. The van der Waals surface area contributed by atoms with Gasteiger partial charge in [0.1, 0.15) is 11.6 Å². The minimum Gasteiger partial charge on any atom is -0.481 e. The van der Waals surface area contributed by atoms with Crippen LogP contribution in [0.4, 0.5) is 5.82 Å². The molecule has 1 heterocycles. The van der Waals surface area contributed by atoms with Gasteiger partial charge in [-0.1, -0.05) is 42.5 Å². The number of hydrogen-bond acceptors (Lipinski definition) is 4. The molecular formula is C18H17N3O2. The quantitative estimate of drug-likeness (QED) is 0.753. The van der Waals surface area contributed by atoms with Crippen LogP contribution < -0.4 is 5.32 Å². The Labute approximate surface area is 134 Å². The zero-order valence-corrected chi connectivity index (χ0v) is 12.7. The van der Waals surface area contributed by atoms with Gasteiger partial charge in [0.05, 0.1) is 18.0 Å². The van der Waals surface area contributed by atoms with Gasteiger partial charge >= 0.3 is 5.97 Å². The fourth-order valence-electron chi connectivity index (χ4n) is 2.58. The summed E-state index contributed by atoms with van der Waals surface area (Å²) in [6.45, 7) is 1.83. The molecule has 0 saturated heterocycles. The number of hydrogen-bond donors (Lipinski definition) is 2. The van der Waals surface area contributed by atoms with Crippen LogP contribution in [0.25, 0.3) is 10.9 Å². The highest BCUT2D eigenvalue weighted by Gasteiger charge is 2.17. The molecule has 116 valence electrons. The third-order valence-electron chi connectivity index (χ3n) is 3.61. The molecule has 0 amide bonds. The molecular weight excluding hydrogens is 290 g/mol. The number of para-hydroxylation sites is 1. The lowest BCUT2D eigenvalue weighted by molar-refractivity contribution is -0.137. The molecule has 0 fully saturated rings. The van der Waals surface area contributed by atoms with Crippen molar-refractivity contribution >= 4 is 22.7 Å². The summed E-state index contributed by atoms with van der Waals surface area (Å²) in [5.41, 5.74) is 1.75. The van der Waals surface area contributed by atoms with Crippen LogP contribution in [0.5, 0.6) is 0 Å². The van der Waals surface area contributed by atoms with Crippen LogP contribution in [0, 0.1) is 6.92 Å². The fourth-order valence-corrected chi connectivity index (χ4v) is 2.58. The van der Waals surface area contributed by atoms with E-state index in [0.29, 0.717) is 11.6 Å². The number of fused-ring (bicyclic) bond motifs is 1. The maximum absolute atomic E-state index is 11.2. The Hall–Kier alpha value is -2.95. The normalized spacial score (nSPS) is 12.0. The largest absolute Gasteiger partial charge is 0.481 e. The summed E-state index contributed by atoms with van der Waals surface area (Å²) in [7, 11) is 0. The van der Waals surface area contributed by atoms with Gasteiger partial charge in [-0.2, -0.15) is 0 Å². The maximum atomic E-state index is 11.2. The maximum Gasteiger partial charge on any atom is 0.305 e. The number of aromatic nitrogens is 2. The SMILES string of the molecule is Cc1nc(N[C@@H](CC(=O)O)c2ccccc2)c2ccccc2n1. The van der Waals surface area contributed by atoms with Crippen LogP contribution in [0.15, 0.2) is 54.6 Å². The van der Waals surface area contributed by atoms with Crippen molar-refractivity contribution in [2.24, 2.45) is 0 Å². The zero-order chi connectivity index (χ0) is 16.2. The van der Waals surface area contributed by atoms with E-state index in [0.717, 1.165) is 16.5 Å². The predicted octanol–water partition coefficient (Wildman–Crippen LogP) is 3.57. The van der Waals surface area contributed by atoms with E-state index >= 15 is 0 Å². The Kier molecular flexibility index (Phi) is 4.19. The molecule has 0 aliphatic rings. The van der Waals surface area contributed by atoms with Gasteiger partial charge in [0.2, 0.25) is 0 Å². The molecule has 2 N–H and O–H groups in total. The van der Waals surface area contributed by atoms with Crippen LogP contribution in [-0.2, 0) is 4.79 Å². The number of anilines is 1. The first-order valence-corrected chi connectivity index (χ1v) is 7.40. The first-order valence-electron chi connectivity index (χ1n) is 7.40. The van der Waals surface area contributed by atoms with Gasteiger partial charge in [-0.15, -0.1) is 0 Å². The molecule has 0 aliphatic heterocycles. The minimum absolute atomic E-state index is 0.0264. The third-order valence-corrected chi connectivity index (χ3v) is 3.61. The number of aryl methyl sites for hydroxylation is 1. The molecule has 5 heteroatoms. The molecule has 0 aliphatic carbocycles. The summed E-state index contributed by atoms with van der Waals surface area (Å²) in [4.78, 5) is 20.1. The lowest BCUT2D eigenvalue weighted by Crippen LogP contribution is -2.16. The first-order chi connectivity index (χ1) is 11.1. The molecule has 0 radical (unpaired) electrons. The van der Waals surface area contributed by atoms with Crippen molar-refractivity contribution in [2.45, 2.75) is 19.4 Å². The molecule has 5 nitrogen and oxygen atoms in total. The highest BCUT2D eigenvalue weighted by Crippen LogP contribution is 2.26. The summed E-state index contributed by atoms with van der Waals surface area (Å²) >= 11 is 0. The predicted molar refractivity (Wildman–Crippen MR) is 89.3 cm³/mol. The van der Waals surface area contributed by atoms with E-state index < -0.39 is 5.97 Å². The van der Waals surface area contributed by atoms with Crippen molar-refractivity contribution < 1.29 is 9.90 Å². The number of aliphatic carboxylic acids is 1. The standard InChI is InChI=1S/C18H17N3O2/c1-12-19-15-10-6-5-9-14(15)18(20-12)21-16(11-17(22)23)13-7-3-2-4-8-13/h2-10,16H,11H2,1H3,(H,22,23)(H,19,20,21)/t16-/m0/s1. The van der Waals surface area contributed by atoms with E-state index in [2.05, 4.69) is 15.3 Å². The minimum atomic E-state index is -0.860. The van der Waals surface area contributed by atoms with Crippen molar-refractivity contribution in [3.05, 3.63) is 66.0 Å². The van der Waals surface area contributed by atoms with Crippen LogP contribution >= 0.6 is 0 Å². The number of carboxylic acids is 1. The molecule has 1 atom stereocenters. The topological polar surface area (TPSA) is 75.1 Å². The molecule has 2 aromatic carbocycles. The Bertz CT molecular complexity index is 834. The van der Waals surface area contributed by atoms with E-state index in [1.807, 2.05) is 61.5 Å². The van der Waals surface area contributed by atoms with Gasteiger partial charge in [0.25, 0.3) is 0 Å². The molecule has 0 unspecified atom stereocenters.